The summed E-state index contributed by atoms with van der Waals surface area (Å²) in [6.07, 6.45) is 0. The Balaban J connectivity index is 0.00000338. The lowest BCUT2D eigenvalue weighted by atomic mass is 9.97. The molecule has 0 aliphatic heterocycles. The van der Waals surface area contributed by atoms with Crippen molar-refractivity contribution in [3.8, 4) is 0 Å². The maximum Gasteiger partial charge on any atom is 0.255 e. The van der Waals surface area contributed by atoms with Crippen molar-refractivity contribution in [1.82, 2.24) is 5.32 Å². The Kier molecular flexibility index (Phi) is 7.21. The molecule has 0 aliphatic rings. The molecule has 0 unspecified atom stereocenters. The van der Waals surface area contributed by atoms with E-state index in [4.69, 9.17) is 5.73 Å². The highest BCUT2D eigenvalue weighted by Gasteiger charge is 2.14. The van der Waals surface area contributed by atoms with Gasteiger partial charge < -0.3 is 16.4 Å². The van der Waals surface area contributed by atoms with Gasteiger partial charge in [0, 0.05) is 29.0 Å². The highest BCUT2D eigenvalue weighted by atomic mass is 35.5. The number of nitrogens with two attached hydrogens (primary N) is 1. The lowest BCUT2D eigenvalue weighted by Crippen LogP contribution is -2.32. The predicted octanol–water partition coefficient (Wildman–Crippen LogP) is 4.03. The molecule has 0 aromatic heterocycles. The molecule has 5 nitrogen and oxygen atoms in total. The van der Waals surface area contributed by atoms with Crippen LogP contribution in [-0.4, -0.2) is 18.4 Å². The quantitative estimate of drug-likeness (QED) is 0.705. The van der Waals surface area contributed by atoms with Gasteiger partial charge in [-0.05, 0) is 54.3 Å². The molecule has 2 amide bonds. The first kappa shape index (κ1) is 21.5. The van der Waals surface area contributed by atoms with E-state index in [1.165, 1.54) is 0 Å². The van der Waals surface area contributed by atoms with Gasteiger partial charge in [-0.25, -0.2) is 0 Å². The lowest BCUT2D eigenvalue weighted by molar-refractivity contribution is 0.0938. The number of carbonyl (C=O) groups excluding carboxylic acids is 2. The lowest BCUT2D eigenvalue weighted by Gasteiger charge is -2.18. The zero-order valence-electron chi connectivity index (χ0n) is 15.6. The molecule has 4 N–H and O–H groups in total. The number of nitrogen functional groups attached to an aromatic ring is 1. The van der Waals surface area contributed by atoms with Crippen LogP contribution in [0.1, 0.15) is 47.1 Å². The molecule has 2 rings (SSSR count). The molecule has 0 radical (unpaired) electrons. The minimum atomic E-state index is -0.240. The van der Waals surface area contributed by atoms with Gasteiger partial charge in [-0.1, -0.05) is 26.8 Å². The summed E-state index contributed by atoms with van der Waals surface area (Å²) in [7, 11) is 0. The topological polar surface area (TPSA) is 84.2 Å². The van der Waals surface area contributed by atoms with E-state index in [1.807, 2.05) is 13.0 Å². The molecular formula is C20H26ClN3O2. The Morgan fingerprint density at radius 3 is 2.04 bits per heavy atom. The van der Waals surface area contributed by atoms with Gasteiger partial charge in [-0.15, -0.1) is 12.4 Å². The number of aryl methyl sites for hydroxylation is 1. The Bertz CT molecular complexity index is 781. The van der Waals surface area contributed by atoms with Crippen LogP contribution in [0.4, 0.5) is 11.4 Å². The Hall–Kier alpha value is -2.53. The maximum atomic E-state index is 12.4. The number of hydrogen-bond acceptors (Lipinski definition) is 3. The van der Waals surface area contributed by atoms with Crippen molar-refractivity contribution in [2.75, 3.05) is 17.6 Å². The van der Waals surface area contributed by atoms with Crippen molar-refractivity contribution in [1.29, 1.82) is 0 Å². The maximum absolute atomic E-state index is 12.4. The first-order valence-corrected chi connectivity index (χ1v) is 8.21. The number of amides is 2. The first-order chi connectivity index (χ1) is 11.7. The van der Waals surface area contributed by atoms with Crippen LogP contribution in [0.3, 0.4) is 0 Å². The van der Waals surface area contributed by atoms with Crippen LogP contribution in [0.5, 0.6) is 0 Å². The van der Waals surface area contributed by atoms with E-state index < -0.39 is 0 Å². The zero-order chi connectivity index (χ0) is 18.6. The average molecular weight is 376 g/mol. The monoisotopic (exact) mass is 375 g/mol. The molecule has 140 valence electrons. The van der Waals surface area contributed by atoms with Crippen LogP contribution in [0.25, 0.3) is 0 Å². The van der Waals surface area contributed by atoms with Crippen LogP contribution in [-0.2, 0) is 0 Å². The van der Waals surface area contributed by atoms with Gasteiger partial charge in [-0.2, -0.15) is 0 Å². The molecule has 0 saturated heterocycles. The van der Waals surface area contributed by atoms with Gasteiger partial charge in [0.2, 0.25) is 0 Å². The van der Waals surface area contributed by atoms with Crippen molar-refractivity contribution in [2.45, 2.75) is 27.7 Å². The van der Waals surface area contributed by atoms with Gasteiger partial charge in [0.25, 0.3) is 11.8 Å². The van der Waals surface area contributed by atoms with E-state index in [-0.39, 0.29) is 29.6 Å². The van der Waals surface area contributed by atoms with Crippen molar-refractivity contribution in [3.05, 3.63) is 59.2 Å². The number of rotatable bonds is 4. The third-order valence-electron chi connectivity index (χ3n) is 3.70. The zero-order valence-corrected chi connectivity index (χ0v) is 16.4. The predicted molar refractivity (Wildman–Crippen MR) is 109 cm³/mol. The number of benzene rings is 2. The summed E-state index contributed by atoms with van der Waals surface area (Å²) in [6, 6.07) is 12.0. The highest BCUT2D eigenvalue weighted by molar-refractivity contribution is 6.05. The molecule has 6 heteroatoms. The van der Waals surface area contributed by atoms with E-state index in [1.54, 1.807) is 36.4 Å². The van der Waals surface area contributed by atoms with E-state index >= 15 is 0 Å². The summed E-state index contributed by atoms with van der Waals surface area (Å²) in [4.78, 5) is 24.5. The second kappa shape index (κ2) is 8.72. The molecule has 2 aromatic rings. The number of hydrogen-bond donors (Lipinski definition) is 3. The fraction of sp³-hybridized carbons (Fsp3) is 0.300. The van der Waals surface area contributed by atoms with Crippen LogP contribution >= 0.6 is 12.4 Å². The summed E-state index contributed by atoms with van der Waals surface area (Å²) >= 11 is 0. The van der Waals surface area contributed by atoms with Crippen molar-refractivity contribution >= 4 is 35.6 Å². The Labute approximate surface area is 160 Å². The van der Waals surface area contributed by atoms with Crippen LogP contribution in [0.2, 0.25) is 0 Å². The SMILES string of the molecule is Cc1ccc(N)cc1NC(=O)c1ccc(C(=O)NCC(C)(C)C)cc1.Cl. The minimum absolute atomic E-state index is 0. The molecule has 2 aromatic carbocycles. The number of anilines is 2. The largest absolute Gasteiger partial charge is 0.399 e. The van der Waals surface area contributed by atoms with Gasteiger partial charge >= 0.3 is 0 Å². The molecular weight excluding hydrogens is 350 g/mol. The number of halogens is 1. The number of carbonyl (C=O) groups is 2. The molecule has 0 heterocycles. The fourth-order valence-electron chi connectivity index (χ4n) is 2.19. The molecule has 0 aliphatic carbocycles. The first-order valence-electron chi connectivity index (χ1n) is 8.21. The van der Waals surface area contributed by atoms with E-state index in [2.05, 4.69) is 31.4 Å². The summed E-state index contributed by atoms with van der Waals surface area (Å²) in [5.41, 5.74) is 8.98. The van der Waals surface area contributed by atoms with Crippen LogP contribution < -0.4 is 16.4 Å². The van der Waals surface area contributed by atoms with Gasteiger partial charge in [-0.3, -0.25) is 9.59 Å². The Morgan fingerprint density at radius 1 is 0.962 bits per heavy atom. The highest BCUT2D eigenvalue weighted by Crippen LogP contribution is 2.19. The summed E-state index contributed by atoms with van der Waals surface area (Å²) in [5.74, 6) is -0.385. The van der Waals surface area contributed by atoms with Crippen LogP contribution in [0, 0.1) is 12.3 Å². The van der Waals surface area contributed by atoms with E-state index in [0.717, 1.165) is 5.56 Å². The van der Waals surface area contributed by atoms with E-state index in [0.29, 0.717) is 29.0 Å². The fourth-order valence-corrected chi connectivity index (χ4v) is 2.19. The summed E-state index contributed by atoms with van der Waals surface area (Å²) in [5, 5.41) is 5.73. The van der Waals surface area contributed by atoms with Crippen LogP contribution in [0.15, 0.2) is 42.5 Å². The Morgan fingerprint density at radius 2 is 1.50 bits per heavy atom. The second-order valence-electron chi connectivity index (χ2n) is 7.35. The minimum Gasteiger partial charge on any atom is -0.399 e. The third kappa shape index (κ3) is 6.08. The third-order valence-corrected chi connectivity index (χ3v) is 3.70. The molecule has 0 spiro atoms. The molecule has 26 heavy (non-hydrogen) atoms. The average Bonchev–Trinajstić information content (AvgIpc) is 2.55. The van der Waals surface area contributed by atoms with Crippen molar-refractivity contribution in [3.63, 3.8) is 0 Å². The molecule has 0 saturated carbocycles. The van der Waals surface area contributed by atoms with Gasteiger partial charge in [0.1, 0.15) is 0 Å². The normalized spacial score (nSPS) is 10.6. The summed E-state index contributed by atoms with van der Waals surface area (Å²) in [6.45, 7) is 8.65. The molecule has 0 fully saturated rings. The standard InChI is InChI=1S/C20H25N3O2.ClH/c1-13-5-10-16(21)11-17(13)23-19(25)15-8-6-14(7-9-15)18(24)22-12-20(2,3)4;/h5-11H,12,21H2,1-4H3,(H,22,24)(H,23,25);1H. The van der Waals surface area contributed by atoms with Gasteiger partial charge in [0.15, 0.2) is 0 Å². The second-order valence-corrected chi connectivity index (χ2v) is 7.35. The van der Waals surface area contributed by atoms with E-state index in [9.17, 15) is 9.59 Å². The van der Waals surface area contributed by atoms with Crippen molar-refractivity contribution in [2.24, 2.45) is 5.41 Å². The molecule has 0 bridgehead atoms. The molecule has 0 atom stereocenters. The number of nitrogens with one attached hydrogen (secondary N) is 2. The smallest absolute Gasteiger partial charge is 0.255 e. The summed E-state index contributed by atoms with van der Waals surface area (Å²) < 4.78 is 0. The van der Waals surface area contributed by atoms with Crippen molar-refractivity contribution < 1.29 is 9.59 Å². The van der Waals surface area contributed by atoms with Gasteiger partial charge in [0.05, 0.1) is 0 Å².